The molecule has 4 nitrogen and oxygen atoms in total. The predicted molar refractivity (Wildman–Crippen MR) is 88.7 cm³/mol. The van der Waals surface area contributed by atoms with Gasteiger partial charge in [0.05, 0.1) is 14.2 Å². The van der Waals surface area contributed by atoms with Crippen molar-refractivity contribution in [2.45, 2.75) is 0 Å². The Morgan fingerprint density at radius 3 is 2.64 bits per heavy atom. The quantitative estimate of drug-likeness (QED) is 0.643. The molecule has 114 valence electrons. The molecule has 5 heteroatoms. The van der Waals surface area contributed by atoms with E-state index in [4.69, 9.17) is 9.47 Å². The van der Waals surface area contributed by atoms with E-state index in [9.17, 15) is 9.90 Å². The van der Waals surface area contributed by atoms with Gasteiger partial charge in [-0.15, -0.1) is 0 Å². The zero-order chi connectivity index (χ0) is 16.1. The summed E-state index contributed by atoms with van der Waals surface area (Å²) in [7, 11) is 3.03. The Hall–Kier alpha value is -2.27. The largest absolute Gasteiger partial charge is 0.504 e. The van der Waals surface area contributed by atoms with E-state index in [1.807, 2.05) is 0 Å². The minimum Gasteiger partial charge on any atom is -0.504 e. The Morgan fingerprint density at radius 1 is 1.18 bits per heavy atom. The van der Waals surface area contributed by atoms with Gasteiger partial charge in [-0.25, -0.2) is 0 Å². The second kappa shape index (κ2) is 7.13. The van der Waals surface area contributed by atoms with Gasteiger partial charge in [0, 0.05) is 10.0 Å². The maximum atomic E-state index is 12.2. The minimum atomic E-state index is -0.152. The summed E-state index contributed by atoms with van der Waals surface area (Å²) in [5.41, 5.74) is 1.21. The SMILES string of the molecule is COc1cccc(C(=O)/C=C/c2cc(O)c(OC)cc2Br)c1. The summed E-state index contributed by atoms with van der Waals surface area (Å²) < 4.78 is 10.8. The van der Waals surface area contributed by atoms with E-state index in [0.717, 1.165) is 4.47 Å². The topological polar surface area (TPSA) is 55.8 Å². The summed E-state index contributed by atoms with van der Waals surface area (Å²) in [6, 6.07) is 10.1. The third-order valence-electron chi connectivity index (χ3n) is 3.07. The van der Waals surface area contributed by atoms with Crippen LogP contribution in [0.1, 0.15) is 15.9 Å². The predicted octanol–water partition coefficient (Wildman–Crippen LogP) is 4.07. The first-order valence-electron chi connectivity index (χ1n) is 6.48. The van der Waals surface area contributed by atoms with Gasteiger partial charge in [0.15, 0.2) is 17.3 Å². The number of phenolic OH excluding ortho intramolecular Hbond substituents is 1. The molecule has 0 saturated heterocycles. The van der Waals surface area contributed by atoms with Gasteiger partial charge < -0.3 is 14.6 Å². The first-order chi connectivity index (χ1) is 10.5. The molecule has 0 aliphatic heterocycles. The Morgan fingerprint density at radius 2 is 1.95 bits per heavy atom. The highest BCUT2D eigenvalue weighted by molar-refractivity contribution is 9.10. The maximum Gasteiger partial charge on any atom is 0.185 e. The van der Waals surface area contributed by atoms with Crippen LogP contribution in [0, 0.1) is 0 Å². The van der Waals surface area contributed by atoms with E-state index in [0.29, 0.717) is 22.6 Å². The van der Waals surface area contributed by atoms with Gasteiger partial charge in [0.25, 0.3) is 0 Å². The molecule has 0 atom stereocenters. The van der Waals surface area contributed by atoms with Crippen LogP contribution in [0.4, 0.5) is 0 Å². The third kappa shape index (κ3) is 3.68. The number of phenols is 1. The summed E-state index contributed by atoms with van der Waals surface area (Å²) in [6.07, 6.45) is 3.08. The van der Waals surface area contributed by atoms with Gasteiger partial charge in [0.2, 0.25) is 0 Å². The number of carbonyl (C=O) groups is 1. The highest BCUT2D eigenvalue weighted by atomic mass is 79.9. The van der Waals surface area contributed by atoms with Gasteiger partial charge >= 0.3 is 0 Å². The van der Waals surface area contributed by atoms with Crippen LogP contribution in [0.5, 0.6) is 17.2 Å². The molecule has 0 unspecified atom stereocenters. The molecule has 2 rings (SSSR count). The van der Waals surface area contributed by atoms with Crippen LogP contribution >= 0.6 is 15.9 Å². The second-order valence-electron chi connectivity index (χ2n) is 4.48. The van der Waals surface area contributed by atoms with Crippen molar-refractivity contribution >= 4 is 27.8 Å². The van der Waals surface area contributed by atoms with Gasteiger partial charge in [-0.3, -0.25) is 4.79 Å². The molecule has 0 spiro atoms. The van der Waals surface area contributed by atoms with Crippen LogP contribution in [0.3, 0.4) is 0 Å². The van der Waals surface area contributed by atoms with Crippen LogP contribution in [-0.4, -0.2) is 25.1 Å². The Labute approximate surface area is 137 Å². The van der Waals surface area contributed by atoms with E-state index in [1.54, 1.807) is 43.5 Å². The number of methoxy groups -OCH3 is 2. The first-order valence-corrected chi connectivity index (χ1v) is 7.27. The summed E-state index contributed by atoms with van der Waals surface area (Å²) in [5.74, 6) is 0.853. The third-order valence-corrected chi connectivity index (χ3v) is 3.75. The number of ketones is 1. The average molecular weight is 363 g/mol. The number of halogens is 1. The number of hydrogen-bond donors (Lipinski definition) is 1. The average Bonchev–Trinajstić information content (AvgIpc) is 2.54. The lowest BCUT2D eigenvalue weighted by atomic mass is 10.1. The zero-order valence-corrected chi connectivity index (χ0v) is 13.8. The first kappa shape index (κ1) is 16.1. The zero-order valence-electron chi connectivity index (χ0n) is 12.2. The van der Waals surface area contributed by atoms with Crippen LogP contribution in [-0.2, 0) is 0 Å². The van der Waals surface area contributed by atoms with Gasteiger partial charge in [-0.05, 0) is 42.0 Å². The molecule has 2 aromatic carbocycles. The lowest BCUT2D eigenvalue weighted by Gasteiger charge is -2.06. The van der Waals surface area contributed by atoms with Crippen molar-refractivity contribution in [3.63, 3.8) is 0 Å². The fraction of sp³-hybridized carbons (Fsp3) is 0.118. The normalized spacial score (nSPS) is 10.7. The van der Waals surface area contributed by atoms with E-state index in [-0.39, 0.29) is 11.5 Å². The monoisotopic (exact) mass is 362 g/mol. The molecule has 0 heterocycles. The van der Waals surface area contributed by atoms with Crippen molar-refractivity contribution in [2.75, 3.05) is 14.2 Å². The lowest BCUT2D eigenvalue weighted by molar-refractivity contribution is 0.104. The van der Waals surface area contributed by atoms with Gasteiger partial charge in [-0.1, -0.05) is 28.1 Å². The number of ether oxygens (including phenoxy) is 2. The van der Waals surface area contributed by atoms with Crippen molar-refractivity contribution in [1.82, 2.24) is 0 Å². The molecule has 1 N–H and O–H groups in total. The fourth-order valence-electron chi connectivity index (χ4n) is 1.89. The van der Waals surface area contributed by atoms with E-state index in [1.165, 1.54) is 19.3 Å². The molecule has 2 aromatic rings. The number of carbonyl (C=O) groups excluding carboxylic acids is 1. The Bertz CT molecular complexity index is 723. The van der Waals surface area contributed by atoms with E-state index >= 15 is 0 Å². The van der Waals surface area contributed by atoms with E-state index < -0.39 is 0 Å². The van der Waals surface area contributed by atoms with Crippen molar-refractivity contribution < 1.29 is 19.4 Å². The van der Waals surface area contributed by atoms with Crippen molar-refractivity contribution in [3.8, 4) is 17.2 Å². The standard InChI is InChI=1S/C17H15BrO4/c1-21-13-5-3-4-12(8-13)15(19)7-6-11-9-16(20)17(22-2)10-14(11)18/h3-10,20H,1-2H3/b7-6+. The van der Waals surface area contributed by atoms with Crippen LogP contribution in [0.15, 0.2) is 46.9 Å². The molecule has 0 fully saturated rings. The van der Waals surface area contributed by atoms with Gasteiger partial charge in [-0.2, -0.15) is 0 Å². The molecule has 0 saturated carbocycles. The number of rotatable bonds is 5. The molecule has 0 aromatic heterocycles. The molecular formula is C17H15BrO4. The van der Waals surface area contributed by atoms with Crippen LogP contribution in [0.25, 0.3) is 6.08 Å². The molecule has 0 aliphatic carbocycles. The highest BCUT2D eigenvalue weighted by Crippen LogP contribution is 2.33. The molecule has 0 aliphatic rings. The summed E-state index contributed by atoms with van der Waals surface area (Å²) in [4.78, 5) is 12.2. The smallest absolute Gasteiger partial charge is 0.185 e. The molecule has 0 bridgehead atoms. The van der Waals surface area contributed by atoms with Crippen LogP contribution in [0.2, 0.25) is 0 Å². The van der Waals surface area contributed by atoms with Gasteiger partial charge in [0.1, 0.15) is 5.75 Å². The number of aromatic hydroxyl groups is 1. The second-order valence-corrected chi connectivity index (χ2v) is 5.33. The maximum absolute atomic E-state index is 12.2. The summed E-state index contributed by atoms with van der Waals surface area (Å²) >= 11 is 3.38. The number of allylic oxidation sites excluding steroid dienone is 1. The number of hydrogen-bond acceptors (Lipinski definition) is 4. The molecule has 0 amide bonds. The summed E-state index contributed by atoms with van der Waals surface area (Å²) in [6.45, 7) is 0. The lowest BCUT2D eigenvalue weighted by Crippen LogP contribution is -1.95. The van der Waals surface area contributed by atoms with Crippen LogP contribution < -0.4 is 9.47 Å². The van der Waals surface area contributed by atoms with E-state index in [2.05, 4.69) is 15.9 Å². The molecule has 22 heavy (non-hydrogen) atoms. The fourth-order valence-corrected chi connectivity index (χ4v) is 2.34. The van der Waals surface area contributed by atoms with Crippen molar-refractivity contribution in [2.24, 2.45) is 0 Å². The minimum absolute atomic E-state index is 0.0131. The molecule has 0 radical (unpaired) electrons. The number of benzene rings is 2. The molecular weight excluding hydrogens is 348 g/mol. The summed E-state index contributed by atoms with van der Waals surface area (Å²) in [5, 5.41) is 9.79. The Kier molecular flexibility index (Phi) is 5.22. The van der Waals surface area contributed by atoms with Crippen molar-refractivity contribution in [1.29, 1.82) is 0 Å². The Balaban J connectivity index is 2.24. The highest BCUT2D eigenvalue weighted by Gasteiger charge is 2.07. The van der Waals surface area contributed by atoms with Crippen molar-refractivity contribution in [3.05, 3.63) is 58.1 Å².